The van der Waals surface area contributed by atoms with Crippen LogP contribution in [0.5, 0.6) is 0 Å². The average molecular weight is 370 g/mol. The zero-order valence-electron chi connectivity index (χ0n) is 14.9. The normalized spacial score (nSPS) is 25.4. The van der Waals surface area contributed by atoms with Crippen molar-refractivity contribution in [3.05, 3.63) is 29.3 Å². The summed E-state index contributed by atoms with van der Waals surface area (Å²) in [6.45, 7) is 2.82. The van der Waals surface area contributed by atoms with Gasteiger partial charge in [-0.3, -0.25) is 29.4 Å². The predicted molar refractivity (Wildman–Crippen MR) is 97.2 cm³/mol. The maximum Gasteiger partial charge on any atom is 0.262 e. The summed E-state index contributed by atoms with van der Waals surface area (Å²) in [6.07, 6.45) is 2.60. The van der Waals surface area contributed by atoms with Crippen LogP contribution in [0.4, 0.5) is 5.69 Å². The van der Waals surface area contributed by atoms with Gasteiger partial charge in [-0.05, 0) is 56.5 Å². The number of rotatable bonds is 4. The summed E-state index contributed by atoms with van der Waals surface area (Å²) in [4.78, 5) is 49.9. The van der Waals surface area contributed by atoms with E-state index in [-0.39, 0.29) is 18.7 Å². The summed E-state index contributed by atoms with van der Waals surface area (Å²) in [6, 6.07) is 4.16. The van der Waals surface area contributed by atoms with Crippen LogP contribution >= 0.6 is 0 Å². The van der Waals surface area contributed by atoms with Crippen molar-refractivity contribution in [1.29, 1.82) is 0 Å². The number of imide groups is 2. The molecule has 0 spiro atoms. The molecule has 8 nitrogen and oxygen atoms in total. The minimum absolute atomic E-state index is 0.117. The monoisotopic (exact) mass is 370 g/mol. The molecule has 2 atom stereocenters. The Labute approximate surface area is 156 Å². The SMILES string of the molecule is O=C1CCC(N2C(=O)c3ccc(NC[C@H]4CCCNC4)cc3C2=O)C(=O)N1. The molecule has 1 aromatic carbocycles. The quantitative estimate of drug-likeness (QED) is 0.666. The first-order valence-corrected chi connectivity index (χ1v) is 9.35. The molecule has 3 N–H and O–H groups in total. The van der Waals surface area contributed by atoms with Gasteiger partial charge >= 0.3 is 0 Å². The molecule has 4 amide bonds. The third-order valence-corrected chi connectivity index (χ3v) is 5.43. The number of carbonyl (C=O) groups excluding carboxylic acids is 4. The lowest BCUT2D eigenvalue weighted by molar-refractivity contribution is -0.136. The minimum Gasteiger partial charge on any atom is -0.385 e. The van der Waals surface area contributed by atoms with Gasteiger partial charge in [0.25, 0.3) is 11.8 Å². The van der Waals surface area contributed by atoms with E-state index in [1.165, 1.54) is 0 Å². The Bertz CT molecular complexity index is 816. The van der Waals surface area contributed by atoms with E-state index < -0.39 is 23.8 Å². The molecule has 2 saturated heterocycles. The first-order chi connectivity index (χ1) is 13.0. The number of nitrogens with zero attached hydrogens (tertiary/aromatic N) is 1. The number of piperidine rings is 2. The van der Waals surface area contributed by atoms with Gasteiger partial charge in [0.05, 0.1) is 11.1 Å². The number of hydrogen-bond donors (Lipinski definition) is 3. The van der Waals surface area contributed by atoms with Crippen molar-refractivity contribution < 1.29 is 19.2 Å². The molecule has 0 aromatic heterocycles. The summed E-state index contributed by atoms with van der Waals surface area (Å²) in [5.74, 6) is -1.40. The topological polar surface area (TPSA) is 108 Å². The molecule has 4 rings (SSSR count). The van der Waals surface area contributed by atoms with Crippen LogP contribution in [0.25, 0.3) is 0 Å². The minimum atomic E-state index is -0.931. The van der Waals surface area contributed by atoms with E-state index >= 15 is 0 Å². The van der Waals surface area contributed by atoms with Gasteiger partial charge in [-0.1, -0.05) is 0 Å². The molecule has 0 aliphatic carbocycles. The zero-order chi connectivity index (χ0) is 19.0. The van der Waals surface area contributed by atoms with Crippen LogP contribution in [0.3, 0.4) is 0 Å². The molecule has 0 saturated carbocycles. The second-order valence-corrected chi connectivity index (χ2v) is 7.30. The standard InChI is InChI=1S/C19H22N4O4/c24-16-6-5-15(17(25)22-16)23-18(26)13-4-3-12(8-14(13)19(23)27)21-10-11-2-1-7-20-9-11/h3-4,8,11,15,20-21H,1-2,5-7,9-10H2,(H,22,24,25)/t11-,15?/m0/s1. The highest BCUT2D eigenvalue weighted by atomic mass is 16.2. The number of amides is 4. The molecule has 3 aliphatic heterocycles. The van der Waals surface area contributed by atoms with Gasteiger partial charge in [-0.25, -0.2) is 0 Å². The Kier molecular flexibility index (Phi) is 4.65. The number of benzene rings is 1. The number of nitrogens with one attached hydrogen (secondary N) is 3. The van der Waals surface area contributed by atoms with Gasteiger partial charge in [-0.15, -0.1) is 0 Å². The molecular formula is C19H22N4O4. The molecule has 1 unspecified atom stereocenters. The van der Waals surface area contributed by atoms with Gasteiger partial charge in [0.2, 0.25) is 11.8 Å². The Morgan fingerprint density at radius 1 is 1.07 bits per heavy atom. The molecule has 8 heteroatoms. The third-order valence-electron chi connectivity index (χ3n) is 5.43. The predicted octanol–water partition coefficient (Wildman–Crippen LogP) is 0.499. The molecule has 1 aromatic rings. The molecule has 0 bridgehead atoms. The van der Waals surface area contributed by atoms with E-state index in [4.69, 9.17) is 0 Å². The Hall–Kier alpha value is -2.74. The van der Waals surface area contributed by atoms with E-state index in [9.17, 15) is 19.2 Å². The van der Waals surface area contributed by atoms with Gasteiger partial charge in [-0.2, -0.15) is 0 Å². The van der Waals surface area contributed by atoms with Crippen molar-refractivity contribution >= 4 is 29.3 Å². The lowest BCUT2D eigenvalue weighted by Gasteiger charge is -2.27. The lowest BCUT2D eigenvalue weighted by atomic mass is 9.99. The van der Waals surface area contributed by atoms with Crippen LogP contribution in [-0.4, -0.2) is 54.2 Å². The summed E-state index contributed by atoms with van der Waals surface area (Å²) >= 11 is 0. The first-order valence-electron chi connectivity index (χ1n) is 9.35. The van der Waals surface area contributed by atoms with Gasteiger partial charge in [0, 0.05) is 18.7 Å². The number of hydrogen-bond acceptors (Lipinski definition) is 6. The van der Waals surface area contributed by atoms with Crippen LogP contribution in [0, 0.1) is 5.92 Å². The van der Waals surface area contributed by atoms with Crippen molar-refractivity contribution in [2.75, 3.05) is 25.0 Å². The van der Waals surface area contributed by atoms with E-state index in [2.05, 4.69) is 16.0 Å². The van der Waals surface area contributed by atoms with Crippen LogP contribution in [0.2, 0.25) is 0 Å². The zero-order valence-corrected chi connectivity index (χ0v) is 14.9. The fourth-order valence-corrected chi connectivity index (χ4v) is 3.94. The number of anilines is 1. The molecule has 27 heavy (non-hydrogen) atoms. The molecule has 0 radical (unpaired) electrons. The Morgan fingerprint density at radius 2 is 1.89 bits per heavy atom. The van der Waals surface area contributed by atoms with Gasteiger partial charge in [0.15, 0.2) is 0 Å². The van der Waals surface area contributed by atoms with Crippen LogP contribution in [0.1, 0.15) is 46.4 Å². The number of fused-ring (bicyclic) bond motifs is 1. The van der Waals surface area contributed by atoms with Crippen molar-refractivity contribution in [1.82, 2.24) is 15.5 Å². The summed E-state index contributed by atoms with van der Waals surface area (Å²) < 4.78 is 0. The fourth-order valence-electron chi connectivity index (χ4n) is 3.94. The molecule has 2 fully saturated rings. The van der Waals surface area contributed by atoms with Crippen LogP contribution in [0.15, 0.2) is 18.2 Å². The molecule has 3 aliphatic rings. The first kappa shape index (κ1) is 17.7. The van der Waals surface area contributed by atoms with E-state index in [1.54, 1.807) is 18.2 Å². The highest BCUT2D eigenvalue weighted by Gasteiger charge is 2.44. The average Bonchev–Trinajstić information content (AvgIpc) is 2.92. The van der Waals surface area contributed by atoms with Gasteiger partial charge in [0.1, 0.15) is 6.04 Å². The van der Waals surface area contributed by atoms with E-state index in [0.717, 1.165) is 43.1 Å². The van der Waals surface area contributed by atoms with Crippen molar-refractivity contribution in [2.45, 2.75) is 31.7 Å². The van der Waals surface area contributed by atoms with E-state index in [0.29, 0.717) is 17.0 Å². The molecule has 142 valence electrons. The fraction of sp³-hybridized carbons (Fsp3) is 0.474. The maximum atomic E-state index is 12.8. The third kappa shape index (κ3) is 3.32. The maximum absolute atomic E-state index is 12.8. The van der Waals surface area contributed by atoms with Crippen LogP contribution < -0.4 is 16.0 Å². The molecular weight excluding hydrogens is 348 g/mol. The highest BCUT2D eigenvalue weighted by molar-refractivity contribution is 6.23. The van der Waals surface area contributed by atoms with Crippen molar-refractivity contribution in [2.24, 2.45) is 5.92 Å². The highest BCUT2D eigenvalue weighted by Crippen LogP contribution is 2.29. The van der Waals surface area contributed by atoms with Crippen molar-refractivity contribution in [3.8, 4) is 0 Å². The summed E-state index contributed by atoms with van der Waals surface area (Å²) in [5, 5.41) is 8.91. The largest absolute Gasteiger partial charge is 0.385 e. The Morgan fingerprint density at radius 3 is 2.63 bits per heavy atom. The van der Waals surface area contributed by atoms with Crippen molar-refractivity contribution in [3.63, 3.8) is 0 Å². The smallest absolute Gasteiger partial charge is 0.262 e. The van der Waals surface area contributed by atoms with E-state index in [1.807, 2.05) is 0 Å². The van der Waals surface area contributed by atoms with Gasteiger partial charge < -0.3 is 10.6 Å². The summed E-state index contributed by atoms with van der Waals surface area (Å²) in [7, 11) is 0. The second kappa shape index (κ2) is 7.11. The van der Waals surface area contributed by atoms with Crippen LogP contribution in [-0.2, 0) is 9.59 Å². The Balaban J connectivity index is 1.49. The molecule has 3 heterocycles. The summed E-state index contributed by atoms with van der Waals surface area (Å²) in [5.41, 5.74) is 1.39. The second-order valence-electron chi connectivity index (χ2n) is 7.30. The number of carbonyl (C=O) groups is 4. The lowest BCUT2D eigenvalue weighted by Crippen LogP contribution is -2.54.